The molecule has 1 N–H and O–H groups in total. The first-order valence-electron chi connectivity index (χ1n) is 9.43. The number of hydrogen-bond donors (Lipinski definition) is 1. The molecule has 144 valence electrons. The molecule has 0 bridgehead atoms. The summed E-state index contributed by atoms with van der Waals surface area (Å²) in [7, 11) is 0. The van der Waals surface area contributed by atoms with Crippen LogP contribution >= 0.6 is 0 Å². The fourth-order valence-electron chi connectivity index (χ4n) is 3.43. The van der Waals surface area contributed by atoms with Crippen LogP contribution in [0.1, 0.15) is 34.2 Å². The largest absolute Gasteiger partial charge is 0.494 e. The number of aryl methyl sites for hydroxylation is 2. The van der Waals surface area contributed by atoms with Gasteiger partial charge in [0.15, 0.2) is 0 Å². The minimum Gasteiger partial charge on any atom is -0.494 e. The molecule has 0 spiro atoms. The first-order valence-corrected chi connectivity index (χ1v) is 9.43. The molecule has 0 aliphatic carbocycles. The highest BCUT2D eigenvalue weighted by Crippen LogP contribution is 2.16. The third kappa shape index (κ3) is 4.51. The molecule has 2 aromatic rings. The zero-order chi connectivity index (χ0) is 19.4. The number of H-pyrrole nitrogens is 1. The van der Waals surface area contributed by atoms with E-state index in [4.69, 9.17) is 4.74 Å². The van der Waals surface area contributed by atoms with Crippen LogP contribution in [0.25, 0.3) is 0 Å². The number of aromatic amines is 1. The third-order valence-corrected chi connectivity index (χ3v) is 4.89. The monoisotopic (exact) mass is 369 g/mol. The van der Waals surface area contributed by atoms with Crippen molar-refractivity contribution in [3.05, 3.63) is 52.8 Å². The number of nitrogens with one attached hydrogen (secondary N) is 1. The van der Waals surface area contributed by atoms with Gasteiger partial charge >= 0.3 is 0 Å². The van der Waals surface area contributed by atoms with Crippen molar-refractivity contribution < 1.29 is 14.3 Å². The fourth-order valence-corrected chi connectivity index (χ4v) is 3.43. The molecule has 1 fully saturated rings. The second kappa shape index (κ2) is 8.29. The number of ether oxygens (including phenoxy) is 1. The summed E-state index contributed by atoms with van der Waals surface area (Å²) in [6.45, 7) is 8.71. The molecule has 1 saturated heterocycles. The normalized spacial score (nSPS) is 14.3. The van der Waals surface area contributed by atoms with Crippen molar-refractivity contribution in [2.24, 2.45) is 0 Å². The van der Waals surface area contributed by atoms with Crippen LogP contribution in [0.5, 0.6) is 5.75 Å². The number of aromatic nitrogens is 1. The average Bonchev–Trinajstić information content (AvgIpc) is 3.01. The van der Waals surface area contributed by atoms with Crippen LogP contribution in [0.4, 0.5) is 0 Å². The summed E-state index contributed by atoms with van der Waals surface area (Å²) in [4.78, 5) is 32.1. The Morgan fingerprint density at radius 3 is 2.22 bits per heavy atom. The van der Waals surface area contributed by atoms with E-state index in [1.54, 1.807) is 0 Å². The number of benzene rings is 1. The summed E-state index contributed by atoms with van der Waals surface area (Å²) in [6.07, 6.45) is 0.371. The van der Waals surface area contributed by atoms with E-state index in [0.29, 0.717) is 39.2 Å². The van der Waals surface area contributed by atoms with Crippen LogP contribution < -0.4 is 4.74 Å². The Bertz CT molecular complexity index is 803. The van der Waals surface area contributed by atoms with Gasteiger partial charge in [0.2, 0.25) is 5.91 Å². The minimum absolute atomic E-state index is 0.0375. The Hall–Kier alpha value is -2.76. The summed E-state index contributed by atoms with van der Waals surface area (Å²) in [5, 5.41) is 0. The molecule has 0 saturated carbocycles. The molecule has 6 heteroatoms. The van der Waals surface area contributed by atoms with Gasteiger partial charge in [-0.15, -0.1) is 0 Å². The molecule has 2 amide bonds. The Labute approximate surface area is 160 Å². The summed E-state index contributed by atoms with van der Waals surface area (Å²) in [5.41, 5.74) is 3.58. The number of rotatable bonds is 5. The summed E-state index contributed by atoms with van der Waals surface area (Å²) < 4.78 is 5.43. The van der Waals surface area contributed by atoms with Crippen LogP contribution in [-0.4, -0.2) is 59.4 Å². The molecule has 6 nitrogen and oxygen atoms in total. The zero-order valence-corrected chi connectivity index (χ0v) is 16.2. The molecule has 1 aromatic carbocycles. The molecule has 0 unspecified atom stereocenters. The van der Waals surface area contributed by atoms with Crippen LogP contribution in [-0.2, 0) is 11.2 Å². The van der Waals surface area contributed by atoms with E-state index in [2.05, 4.69) is 4.98 Å². The van der Waals surface area contributed by atoms with Gasteiger partial charge in [0.1, 0.15) is 5.75 Å². The fraction of sp³-hybridized carbons (Fsp3) is 0.429. The number of carbonyl (C=O) groups excluding carboxylic acids is 2. The van der Waals surface area contributed by atoms with Gasteiger partial charge in [0.25, 0.3) is 5.91 Å². The molecule has 1 aliphatic heterocycles. The smallest absolute Gasteiger partial charge is 0.255 e. The number of nitrogens with zero attached hydrogens (tertiary/aromatic N) is 2. The number of piperazine rings is 1. The van der Waals surface area contributed by atoms with Gasteiger partial charge < -0.3 is 19.5 Å². The molecular formula is C21H27N3O3. The molecule has 0 atom stereocenters. The molecule has 1 aliphatic rings. The molecule has 2 heterocycles. The van der Waals surface area contributed by atoms with Crippen LogP contribution in [0.3, 0.4) is 0 Å². The second-order valence-electron chi connectivity index (χ2n) is 6.92. The van der Waals surface area contributed by atoms with Gasteiger partial charge in [-0.05, 0) is 44.5 Å². The molecule has 1 aromatic heterocycles. The van der Waals surface area contributed by atoms with E-state index in [1.165, 1.54) is 0 Å². The van der Waals surface area contributed by atoms with E-state index in [1.807, 2.05) is 60.9 Å². The lowest BCUT2D eigenvalue weighted by atomic mass is 10.1. The maximum absolute atomic E-state index is 12.7. The van der Waals surface area contributed by atoms with Gasteiger partial charge in [-0.1, -0.05) is 12.1 Å². The van der Waals surface area contributed by atoms with Gasteiger partial charge in [-0.2, -0.15) is 0 Å². The summed E-state index contributed by atoms with van der Waals surface area (Å²) in [5.74, 6) is 0.950. The maximum Gasteiger partial charge on any atom is 0.255 e. The van der Waals surface area contributed by atoms with Crippen molar-refractivity contribution >= 4 is 11.8 Å². The van der Waals surface area contributed by atoms with Crippen molar-refractivity contribution in [2.75, 3.05) is 32.8 Å². The zero-order valence-electron chi connectivity index (χ0n) is 16.2. The Morgan fingerprint density at radius 2 is 1.67 bits per heavy atom. The SMILES string of the molecule is CCOc1ccc(CC(=O)N2CCN(C(=O)c3cc(C)[nH]c3C)CC2)cc1. The summed E-state index contributed by atoms with van der Waals surface area (Å²) in [6, 6.07) is 9.54. The lowest BCUT2D eigenvalue weighted by Gasteiger charge is -2.35. The topological polar surface area (TPSA) is 65.6 Å². The molecular weight excluding hydrogens is 342 g/mol. The highest BCUT2D eigenvalue weighted by atomic mass is 16.5. The van der Waals surface area contributed by atoms with Crippen molar-refractivity contribution in [2.45, 2.75) is 27.2 Å². The van der Waals surface area contributed by atoms with E-state index in [9.17, 15) is 9.59 Å². The minimum atomic E-state index is 0.0375. The van der Waals surface area contributed by atoms with Gasteiger partial charge in [0, 0.05) is 37.6 Å². The quantitative estimate of drug-likeness (QED) is 0.881. The first-order chi connectivity index (χ1) is 13.0. The van der Waals surface area contributed by atoms with Crippen molar-refractivity contribution in [1.29, 1.82) is 0 Å². The number of carbonyl (C=O) groups is 2. The summed E-state index contributed by atoms with van der Waals surface area (Å²) >= 11 is 0. The molecule has 3 rings (SSSR count). The lowest BCUT2D eigenvalue weighted by molar-refractivity contribution is -0.131. The Morgan fingerprint density at radius 1 is 1.04 bits per heavy atom. The molecule has 0 radical (unpaired) electrons. The maximum atomic E-state index is 12.7. The Kier molecular flexibility index (Phi) is 5.84. The van der Waals surface area contributed by atoms with E-state index in [0.717, 1.165) is 28.3 Å². The predicted molar refractivity (Wildman–Crippen MR) is 104 cm³/mol. The van der Waals surface area contributed by atoms with Gasteiger partial charge in [-0.3, -0.25) is 9.59 Å². The van der Waals surface area contributed by atoms with E-state index in [-0.39, 0.29) is 11.8 Å². The standard InChI is InChI=1S/C21H27N3O3/c1-4-27-18-7-5-17(6-8-18)14-20(25)23-9-11-24(12-10-23)21(26)19-13-15(2)22-16(19)3/h5-8,13,22H,4,9-12,14H2,1-3H3. The first kappa shape index (κ1) is 19.0. The third-order valence-electron chi connectivity index (χ3n) is 4.89. The predicted octanol–water partition coefficient (Wildman–Crippen LogP) is 2.56. The van der Waals surface area contributed by atoms with E-state index < -0.39 is 0 Å². The van der Waals surface area contributed by atoms with Gasteiger partial charge in [0.05, 0.1) is 18.6 Å². The van der Waals surface area contributed by atoms with Crippen LogP contribution in [0.15, 0.2) is 30.3 Å². The highest BCUT2D eigenvalue weighted by molar-refractivity contribution is 5.95. The van der Waals surface area contributed by atoms with Crippen molar-refractivity contribution in [3.8, 4) is 5.75 Å². The lowest BCUT2D eigenvalue weighted by Crippen LogP contribution is -2.51. The number of amides is 2. The number of hydrogen-bond acceptors (Lipinski definition) is 3. The average molecular weight is 369 g/mol. The van der Waals surface area contributed by atoms with E-state index >= 15 is 0 Å². The van der Waals surface area contributed by atoms with Crippen LogP contribution in [0, 0.1) is 13.8 Å². The van der Waals surface area contributed by atoms with Crippen molar-refractivity contribution in [1.82, 2.24) is 14.8 Å². The van der Waals surface area contributed by atoms with Crippen LogP contribution in [0.2, 0.25) is 0 Å². The van der Waals surface area contributed by atoms with Crippen molar-refractivity contribution in [3.63, 3.8) is 0 Å². The highest BCUT2D eigenvalue weighted by Gasteiger charge is 2.26. The molecule has 27 heavy (non-hydrogen) atoms. The second-order valence-corrected chi connectivity index (χ2v) is 6.92. The van der Waals surface area contributed by atoms with Gasteiger partial charge in [-0.25, -0.2) is 0 Å². The Balaban J connectivity index is 1.53.